The number of imide groups is 1. The number of amides is 3. The van der Waals surface area contributed by atoms with Gasteiger partial charge in [0.25, 0.3) is 11.8 Å². The van der Waals surface area contributed by atoms with Gasteiger partial charge in [-0.05, 0) is 73.5 Å². The van der Waals surface area contributed by atoms with Gasteiger partial charge in [-0.25, -0.2) is 4.90 Å². The molecule has 0 bridgehead atoms. The summed E-state index contributed by atoms with van der Waals surface area (Å²) in [5.74, 6) is -0.649. The topological polar surface area (TPSA) is 87.7 Å². The highest BCUT2D eigenvalue weighted by Gasteiger charge is 2.38. The van der Waals surface area contributed by atoms with Crippen LogP contribution in [0.1, 0.15) is 18.1 Å². The molecule has 0 spiro atoms. The van der Waals surface area contributed by atoms with E-state index in [2.05, 4.69) is 10.6 Å². The number of aryl methyl sites for hydroxylation is 1. The zero-order chi connectivity index (χ0) is 24.9. The summed E-state index contributed by atoms with van der Waals surface area (Å²) in [6.07, 6.45) is 0.195. The molecule has 4 rings (SSSR count). The molecule has 0 saturated heterocycles. The Labute approximate surface area is 208 Å². The minimum Gasteiger partial charge on any atom is -0.494 e. The monoisotopic (exact) mass is 489 g/mol. The number of halogens is 1. The smallest absolute Gasteiger partial charge is 0.283 e. The Morgan fingerprint density at radius 2 is 1.66 bits per heavy atom. The van der Waals surface area contributed by atoms with Crippen molar-refractivity contribution in [2.45, 2.75) is 20.3 Å². The lowest BCUT2D eigenvalue weighted by Gasteiger charge is -2.15. The Morgan fingerprint density at radius 1 is 0.943 bits per heavy atom. The molecule has 0 aliphatic carbocycles. The van der Waals surface area contributed by atoms with Crippen LogP contribution in [0.3, 0.4) is 0 Å². The first kappa shape index (κ1) is 24.0. The van der Waals surface area contributed by atoms with Gasteiger partial charge in [0.1, 0.15) is 16.5 Å². The van der Waals surface area contributed by atoms with Gasteiger partial charge >= 0.3 is 0 Å². The summed E-state index contributed by atoms with van der Waals surface area (Å²) in [6, 6.07) is 21.2. The zero-order valence-corrected chi connectivity index (χ0v) is 20.1. The SMILES string of the molecule is CCOc1ccc(N2C(=O)C(Cl)=C(Nc3ccc(CC(=O)Nc4cccc(C)c4)cc3)C2=O)cc1. The third kappa shape index (κ3) is 5.53. The first-order chi connectivity index (χ1) is 16.9. The number of anilines is 3. The van der Waals surface area contributed by atoms with Crippen LogP contribution in [0, 0.1) is 6.92 Å². The lowest BCUT2D eigenvalue weighted by atomic mass is 10.1. The van der Waals surface area contributed by atoms with Crippen molar-refractivity contribution in [3.05, 3.63) is 94.7 Å². The van der Waals surface area contributed by atoms with E-state index in [1.165, 1.54) is 0 Å². The molecule has 1 heterocycles. The van der Waals surface area contributed by atoms with Crippen LogP contribution in [-0.4, -0.2) is 24.3 Å². The zero-order valence-electron chi connectivity index (χ0n) is 19.3. The Hall–Kier alpha value is -4.10. The lowest BCUT2D eigenvalue weighted by molar-refractivity contribution is -0.120. The van der Waals surface area contributed by atoms with Gasteiger partial charge in [0.15, 0.2) is 0 Å². The fourth-order valence-electron chi connectivity index (χ4n) is 3.67. The summed E-state index contributed by atoms with van der Waals surface area (Å²) in [6.45, 7) is 4.34. The van der Waals surface area contributed by atoms with E-state index in [4.69, 9.17) is 16.3 Å². The molecule has 2 N–H and O–H groups in total. The number of hydrogen-bond donors (Lipinski definition) is 2. The number of rotatable bonds is 8. The van der Waals surface area contributed by atoms with Gasteiger partial charge in [-0.1, -0.05) is 35.9 Å². The van der Waals surface area contributed by atoms with E-state index >= 15 is 0 Å². The quantitative estimate of drug-likeness (QED) is 0.434. The molecule has 0 unspecified atom stereocenters. The molecule has 178 valence electrons. The molecule has 0 atom stereocenters. The van der Waals surface area contributed by atoms with E-state index in [0.717, 1.165) is 21.7 Å². The number of carbonyl (C=O) groups excluding carboxylic acids is 3. The minimum atomic E-state index is -0.604. The summed E-state index contributed by atoms with van der Waals surface area (Å²) >= 11 is 6.21. The van der Waals surface area contributed by atoms with Crippen LogP contribution in [0.5, 0.6) is 5.75 Å². The first-order valence-electron chi connectivity index (χ1n) is 11.1. The van der Waals surface area contributed by atoms with Crippen molar-refractivity contribution < 1.29 is 19.1 Å². The highest BCUT2D eigenvalue weighted by atomic mass is 35.5. The minimum absolute atomic E-state index is 0.00417. The van der Waals surface area contributed by atoms with Gasteiger partial charge in [-0.2, -0.15) is 0 Å². The van der Waals surface area contributed by atoms with E-state index in [1.54, 1.807) is 48.5 Å². The van der Waals surface area contributed by atoms with Crippen molar-refractivity contribution in [3.8, 4) is 5.75 Å². The van der Waals surface area contributed by atoms with Crippen LogP contribution in [0.2, 0.25) is 0 Å². The lowest BCUT2D eigenvalue weighted by Crippen LogP contribution is -2.32. The van der Waals surface area contributed by atoms with Crippen molar-refractivity contribution >= 4 is 46.4 Å². The predicted molar refractivity (Wildman–Crippen MR) is 137 cm³/mol. The molecule has 1 aliphatic heterocycles. The van der Waals surface area contributed by atoms with Crippen molar-refractivity contribution in [2.75, 3.05) is 22.1 Å². The molecule has 3 aromatic carbocycles. The van der Waals surface area contributed by atoms with Crippen LogP contribution in [-0.2, 0) is 20.8 Å². The van der Waals surface area contributed by atoms with E-state index in [1.807, 2.05) is 38.1 Å². The molecule has 3 amide bonds. The number of benzene rings is 3. The molecule has 8 heteroatoms. The van der Waals surface area contributed by atoms with E-state index in [-0.39, 0.29) is 23.1 Å². The van der Waals surface area contributed by atoms with Crippen LogP contribution in [0.4, 0.5) is 17.1 Å². The molecule has 0 saturated carbocycles. The van der Waals surface area contributed by atoms with Crippen LogP contribution >= 0.6 is 11.6 Å². The predicted octanol–water partition coefficient (Wildman–Crippen LogP) is 5.01. The molecular weight excluding hydrogens is 466 g/mol. The molecule has 0 aromatic heterocycles. The molecule has 1 aliphatic rings. The number of carbonyl (C=O) groups is 3. The van der Waals surface area contributed by atoms with Gasteiger partial charge in [0, 0.05) is 11.4 Å². The summed E-state index contributed by atoms with van der Waals surface area (Å²) in [5, 5.41) is 5.63. The standard InChI is InChI=1S/C27H24ClN3O4/c1-3-35-22-13-11-21(12-14-22)31-26(33)24(28)25(27(31)34)30-19-9-7-18(8-10-19)16-23(32)29-20-6-4-5-17(2)15-20/h4-15,30H,3,16H2,1-2H3,(H,29,32). The second-order valence-corrected chi connectivity index (χ2v) is 8.36. The maximum Gasteiger partial charge on any atom is 0.283 e. The Balaban J connectivity index is 1.40. The number of nitrogens with zero attached hydrogens (tertiary/aromatic N) is 1. The third-order valence-corrected chi connectivity index (χ3v) is 5.67. The van der Waals surface area contributed by atoms with Crippen molar-refractivity contribution in [3.63, 3.8) is 0 Å². The number of ether oxygens (including phenoxy) is 1. The van der Waals surface area contributed by atoms with Crippen LogP contribution in [0.25, 0.3) is 0 Å². The summed E-state index contributed by atoms with van der Waals surface area (Å²) in [5.41, 5.74) is 3.56. The Bertz CT molecular complexity index is 1300. The third-order valence-electron chi connectivity index (χ3n) is 5.32. The van der Waals surface area contributed by atoms with Gasteiger partial charge < -0.3 is 15.4 Å². The Kier molecular flexibility index (Phi) is 7.17. The van der Waals surface area contributed by atoms with Crippen molar-refractivity contribution in [2.24, 2.45) is 0 Å². The van der Waals surface area contributed by atoms with Crippen LogP contribution < -0.4 is 20.3 Å². The van der Waals surface area contributed by atoms with E-state index in [9.17, 15) is 14.4 Å². The summed E-state index contributed by atoms with van der Waals surface area (Å²) in [7, 11) is 0. The molecule has 0 radical (unpaired) electrons. The number of nitrogens with one attached hydrogen (secondary N) is 2. The average molecular weight is 490 g/mol. The van der Waals surface area contributed by atoms with Gasteiger partial charge in [-0.15, -0.1) is 0 Å². The van der Waals surface area contributed by atoms with Gasteiger partial charge in [-0.3, -0.25) is 14.4 Å². The normalized spacial score (nSPS) is 13.3. The molecular formula is C27H24ClN3O4. The molecule has 0 fully saturated rings. The molecule has 35 heavy (non-hydrogen) atoms. The van der Waals surface area contributed by atoms with E-state index in [0.29, 0.717) is 23.7 Å². The first-order valence-corrected chi connectivity index (χ1v) is 11.5. The summed E-state index contributed by atoms with van der Waals surface area (Å²) < 4.78 is 5.40. The largest absolute Gasteiger partial charge is 0.494 e. The second kappa shape index (κ2) is 10.4. The maximum absolute atomic E-state index is 13.0. The fraction of sp³-hybridized carbons (Fsp3) is 0.148. The van der Waals surface area contributed by atoms with Crippen molar-refractivity contribution in [1.29, 1.82) is 0 Å². The fourth-order valence-corrected chi connectivity index (χ4v) is 3.88. The van der Waals surface area contributed by atoms with Crippen LogP contribution in [0.15, 0.2) is 83.5 Å². The highest BCUT2D eigenvalue weighted by Crippen LogP contribution is 2.31. The molecule has 3 aromatic rings. The molecule has 7 nitrogen and oxygen atoms in total. The highest BCUT2D eigenvalue weighted by molar-refractivity contribution is 6.53. The Morgan fingerprint density at radius 3 is 2.31 bits per heavy atom. The van der Waals surface area contributed by atoms with E-state index < -0.39 is 11.8 Å². The second-order valence-electron chi connectivity index (χ2n) is 7.98. The van der Waals surface area contributed by atoms with Gasteiger partial charge in [0.2, 0.25) is 5.91 Å². The number of hydrogen-bond acceptors (Lipinski definition) is 5. The van der Waals surface area contributed by atoms with Crippen molar-refractivity contribution in [1.82, 2.24) is 0 Å². The van der Waals surface area contributed by atoms with Gasteiger partial charge in [0.05, 0.1) is 18.7 Å². The summed E-state index contributed by atoms with van der Waals surface area (Å²) in [4.78, 5) is 39.0. The average Bonchev–Trinajstić information content (AvgIpc) is 3.04. The maximum atomic E-state index is 13.0.